The van der Waals surface area contributed by atoms with Crippen LogP contribution in [0.2, 0.25) is 0 Å². The first-order chi connectivity index (χ1) is 9.08. The zero-order chi connectivity index (χ0) is 15.9. The Kier molecular flexibility index (Phi) is 8.32. The summed E-state index contributed by atoms with van der Waals surface area (Å²) in [7, 11) is 2.05. The highest BCUT2D eigenvalue weighted by atomic mass is 16.5. The number of nitrogens with zero attached hydrogens (tertiary/aromatic N) is 1. The van der Waals surface area contributed by atoms with E-state index in [2.05, 4.69) is 17.1 Å². The lowest BCUT2D eigenvalue weighted by Crippen LogP contribution is -2.58. The van der Waals surface area contributed by atoms with Crippen LogP contribution in [-0.4, -0.2) is 54.7 Å². The van der Waals surface area contributed by atoms with Crippen LogP contribution in [0, 0.1) is 0 Å². The number of nitrogens with two attached hydrogens (primary N) is 1. The summed E-state index contributed by atoms with van der Waals surface area (Å²) in [5.41, 5.74) is 4.88. The Labute approximate surface area is 124 Å². The van der Waals surface area contributed by atoms with Gasteiger partial charge in [-0.1, -0.05) is 0 Å². The Morgan fingerprint density at radius 2 is 1.85 bits per heavy atom. The molecule has 5 heteroatoms. The SMILES string of the molecule is CC(C)NC(C)(CC(C)N(C)CCOC(C)C)C(N)=O. The van der Waals surface area contributed by atoms with Crippen molar-refractivity contribution in [2.75, 3.05) is 20.2 Å². The van der Waals surface area contributed by atoms with E-state index in [1.54, 1.807) is 0 Å². The number of carbonyl (C=O) groups is 1. The topological polar surface area (TPSA) is 67.6 Å². The Balaban J connectivity index is 4.44. The molecule has 1 amide bonds. The molecule has 0 saturated carbocycles. The first kappa shape index (κ1) is 19.4. The predicted molar refractivity (Wildman–Crippen MR) is 83.7 cm³/mol. The monoisotopic (exact) mass is 287 g/mol. The van der Waals surface area contributed by atoms with E-state index in [1.165, 1.54) is 0 Å². The van der Waals surface area contributed by atoms with E-state index >= 15 is 0 Å². The fourth-order valence-corrected chi connectivity index (χ4v) is 2.27. The van der Waals surface area contributed by atoms with Gasteiger partial charge in [-0.25, -0.2) is 0 Å². The Morgan fingerprint density at radius 1 is 1.30 bits per heavy atom. The lowest BCUT2D eigenvalue weighted by molar-refractivity contribution is -0.124. The molecule has 0 aromatic rings. The third kappa shape index (κ3) is 7.22. The molecule has 0 aliphatic rings. The zero-order valence-corrected chi connectivity index (χ0v) is 14.2. The summed E-state index contributed by atoms with van der Waals surface area (Å²) < 4.78 is 5.56. The van der Waals surface area contributed by atoms with E-state index in [1.807, 2.05) is 41.7 Å². The largest absolute Gasteiger partial charge is 0.377 e. The highest BCUT2D eigenvalue weighted by molar-refractivity contribution is 5.84. The summed E-state index contributed by atoms with van der Waals surface area (Å²) in [6.07, 6.45) is 0.927. The summed E-state index contributed by atoms with van der Waals surface area (Å²) in [6, 6.07) is 0.462. The molecule has 0 bridgehead atoms. The Morgan fingerprint density at radius 3 is 2.25 bits per heavy atom. The van der Waals surface area contributed by atoms with Crippen LogP contribution in [0.15, 0.2) is 0 Å². The lowest BCUT2D eigenvalue weighted by Gasteiger charge is -2.35. The number of likely N-dealkylation sites (N-methyl/N-ethyl adjacent to an activating group) is 1. The molecule has 0 heterocycles. The van der Waals surface area contributed by atoms with E-state index in [0.29, 0.717) is 13.0 Å². The summed E-state index contributed by atoms with van der Waals surface area (Å²) in [5.74, 6) is -0.301. The molecular formula is C15H33N3O2. The average Bonchev–Trinajstić information content (AvgIpc) is 2.26. The third-order valence-corrected chi connectivity index (χ3v) is 3.50. The average molecular weight is 287 g/mol. The molecule has 0 aliphatic heterocycles. The fourth-order valence-electron chi connectivity index (χ4n) is 2.27. The Hall–Kier alpha value is -0.650. The minimum atomic E-state index is -0.680. The molecular weight excluding hydrogens is 254 g/mol. The molecule has 3 N–H and O–H groups in total. The standard InChI is InChI=1S/C15H33N3O2/c1-11(2)17-15(6,14(16)19)10-13(5)18(7)8-9-20-12(3)4/h11-13,17H,8-10H2,1-7H3,(H2,16,19). The van der Waals surface area contributed by atoms with Gasteiger partial charge in [-0.3, -0.25) is 4.79 Å². The van der Waals surface area contributed by atoms with Gasteiger partial charge in [0, 0.05) is 18.6 Å². The van der Waals surface area contributed by atoms with Crippen molar-refractivity contribution >= 4 is 5.91 Å². The van der Waals surface area contributed by atoms with Crippen LogP contribution in [0.25, 0.3) is 0 Å². The molecule has 0 radical (unpaired) electrons. The molecule has 5 nitrogen and oxygen atoms in total. The molecule has 2 atom stereocenters. The number of amides is 1. The van der Waals surface area contributed by atoms with Crippen LogP contribution in [0.5, 0.6) is 0 Å². The molecule has 2 unspecified atom stereocenters. The van der Waals surface area contributed by atoms with E-state index < -0.39 is 5.54 Å². The van der Waals surface area contributed by atoms with Crippen LogP contribution < -0.4 is 11.1 Å². The Bertz CT molecular complexity index is 295. The van der Waals surface area contributed by atoms with Crippen LogP contribution in [0.3, 0.4) is 0 Å². The highest BCUT2D eigenvalue weighted by Gasteiger charge is 2.34. The third-order valence-electron chi connectivity index (χ3n) is 3.50. The molecule has 0 aromatic carbocycles. The van der Waals surface area contributed by atoms with Gasteiger partial charge in [-0.2, -0.15) is 0 Å². The van der Waals surface area contributed by atoms with E-state index in [4.69, 9.17) is 10.5 Å². The van der Waals surface area contributed by atoms with Crippen molar-refractivity contribution < 1.29 is 9.53 Å². The maximum Gasteiger partial charge on any atom is 0.237 e. The smallest absolute Gasteiger partial charge is 0.237 e. The quantitative estimate of drug-likeness (QED) is 0.637. The van der Waals surface area contributed by atoms with Gasteiger partial charge in [0.2, 0.25) is 5.91 Å². The number of nitrogens with one attached hydrogen (secondary N) is 1. The van der Waals surface area contributed by atoms with Crippen molar-refractivity contribution in [2.45, 2.75) is 71.7 Å². The van der Waals surface area contributed by atoms with Crippen molar-refractivity contribution in [3.63, 3.8) is 0 Å². The van der Waals surface area contributed by atoms with Gasteiger partial charge in [-0.15, -0.1) is 0 Å². The van der Waals surface area contributed by atoms with Crippen LogP contribution in [0.4, 0.5) is 0 Å². The van der Waals surface area contributed by atoms with Gasteiger partial charge in [0.1, 0.15) is 0 Å². The summed E-state index contributed by atoms with van der Waals surface area (Å²) in [4.78, 5) is 13.9. The van der Waals surface area contributed by atoms with Gasteiger partial charge in [0.15, 0.2) is 0 Å². The van der Waals surface area contributed by atoms with E-state index in [-0.39, 0.29) is 24.1 Å². The maximum atomic E-state index is 11.7. The van der Waals surface area contributed by atoms with Gasteiger partial charge in [-0.05, 0) is 55.0 Å². The summed E-state index contributed by atoms with van der Waals surface area (Å²) in [6.45, 7) is 13.6. The molecule has 0 aromatic heterocycles. The van der Waals surface area contributed by atoms with Crippen LogP contribution in [0.1, 0.15) is 48.0 Å². The zero-order valence-electron chi connectivity index (χ0n) is 14.2. The van der Waals surface area contributed by atoms with Crippen molar-refractivity contribution in [3.8, 4) is 0 Å². The molecule has 120 valence electrons. The lowest BCUT2D eigenvalue weighted by atomic mass is 9.91. The second kappa shape index (κ2) is 8.60. The molecule has 0 rings (SSSR count). The molecule has 20 heavy (non-hydrogen) atoms. The summed E-state index contributed by atoms with van der Waals surface area (Å²) in [5, 5.41) is 3.28. The normalized spacial score (nSPS) is 16.7. The summed E-state index contributed by atoms with van der Waals surface area (Å²) >= 11 is 0. The molecule has 0 saturated heterocycles. The molecule has 0 spiro atoms. The minimum Gasteiger partial charge on any atom is -0.377 e. The van der Waals surface area contributed by atoms with Gasteiger partial charge < -0.3 is 20.7 Å². The highest BCUT2D eigenvalue weighted by Crippen LogP contribution is 2.16. The van der Waals surface area contributed by atoms with Gasteiger partial charge in [0.25, 0.3) is 0 Å². The first-order valence-corrected chi connectivity index (χ1v) is 7.48. The second-order valence-electron chi connectivity index (χ2n) is 6.45. The first-order valence-electron chi connectivity index (χ1n) is 7.48. The van der Waals surface area contributed by atoms with Crippen molar-refractivity contribution in [1.82, 2.24) is 10.2 Å². The van der Waals surface area contributed by atoms with Gasteiger partial charge >= 0.3 is 0 Å². The molecule has 0 aliphatic carbocycles. The predicted octanol–water partition coefficient (Wildman–Crippen LogP) is 1.36. The van der Waals surface area contributed by atoms with Crippen molar-refractivity contribution in [2.24, 2.45) is 5.73 Å². The second-order valence-corrected chi connectivity index (χ2v) is 6.45. The minimum absolute atomic E-state index is 0.217. The van der Waals surface area contributed by atoms with E-state index in [0.717, 1.165) is 6.54 Å². The van der Waals surface area contributed by atoms with E-state index in [9.17, 15) is 4.79 Å². The molecule has 0 fully saturated rings. The maximum absolute atomic E-state index is 11.7. The van der Waals surface area contributed by atoms with Crippen molar-refractivity contribution in [3.05, 3.63) is 0 Å². The number of hydrogen-bond donors (Lipinski definition) is 2. The number of hydrogen-bond acceptors (Lipinski definition) is 4. The number of ether oxygens (including phenoxy) is 1. The van der Waals surface area contributed by atoms with Crippen LogP contribution >= 0.6 is 0 Å². The number of rotatable bonds is 10. The van der Waals surface area contributed by atoms with Crippen molar-refractivity contribution in [1.29, 1.82) is 0 Å². The van der Waals surface area contributed by atoms with Crippen LogP contribution in [-0.2, 0) is 9.53 Å². The van der Waals surface area contributed by atoms with Gasteiger partial charge in [0.05, 0.1) is 18.2 Å². The number of primary amides is 1. The number of carbonyl (C=O) groups excluding carboxylic acids is 1. The fraction of sp³-hybridized carbons (Fsp3) is 0.933.